The van der Waals surface area contributed by atoms with Crippen LogP contribution in [-0.4, -0.2) is 55.2 Å². The van der Waals surface area contributed by atoms with Crippen molar-refractivity contribution < 1.29 is 14.6 Å². The van der Waals surface area contributed by atoms with E-state index in [1.54, 1.807) is 0 Å². The minimum absolute atomic E-state index is 0.00244. The zero-order valence-corrected chi connectivity index (χ0v) is 26.1. The summed E-state index contributed by atoms with van der Waals surface area (Å²) >= 11 is 0. The average Bonchev–Trinajstić information content (AvgIpc) is 3.30. The number of hydrogen-bond acceptors (Lipinski definition) is 5. The SMILES string of the molecule is CN(C)CC(NC1CCCCC1)c1cccc(OCC[C@]23CCC4C(CCC5CC(=O)CC[C@@]54C)C2CCC3O)c1. The van der Waals surface area contributed by atoms with Gasteiger partial charge in [-0.25, -0.2) is 0 Å². The monoisotopic (exact) mass is 564 g/mol. The Balaban J connectivity index is 1.12. The summed E-state index contributed by atoms with van der Waals surface area (Å²) < 4.78 is 6.51. The van der Waals surface area contributed by atoms with Crippen molar-refractivity contribution in [1.29, 1.82) is 0 Å². The van der Waals surface area contributed by atoms with Crippen molar-refractivity contribution in [2.24, 2.45) is 34.5 Å². The van der Waals surface area contributed by atoms with Crippen LogP contribution in [-0.2, 0) is 4.79 Å². The van der Waals surface area contributed by atoms with E-state index < -0.39 is 0 Å². The van der Waals surface area contributed by atoms with Crippen molar-refractivity contribution in [2.45, 2.75) is 121 Å². The number of ether oxygens (including phenoxy) is 1. The van der Waals surface area contributed by atoms with Crippen LogP contribution in [0.3, 0.4) is 0 Å². The highest BCUT2D eigenvalue weighted by Gasteiger charge is 2.61. The van der Waals surface area contributed by atoms with Crippen LogP contribution in [0.5, 0.6) is 5.75 Å². The Morgan fingerprint density at radius 2 is 1.85 bits per heavy atom. The Morgan fingerprint density at radius 3 is 2.66 bits per heavy atom. The number of rotatable bonds is 9. The molecule has 0 aromatic heterocycles. The lowest BCUT2D eigenvalue weighted by Crippen LogP contribution is -2.55. The zero-order valence-electron chi connectivity index (χ0n) is 26.1. The second-order valence-corrected chi connectivity index (χ2v) is 15.3. The van der Waals surface area contributed by atoms with E-state index in [1.807, 2.05) is 0 Å². The molecular formula is C36H56N2O3. The molecule has 0 bridgehead atoms. The number of Topliss-reactive ketones (excluding diaryl/α,β-unsaturated/α-hetero) is 1. The number of aliphatic hydroxyl groups excluding tert-OH is 1. The van der Waals surface area contributed by atoms with E-state index in [1.165, 1.54) is 56.9 Å². The lowest BCUT2D eigenvalue weighted by Gasteiger charge is -2.60. The van der Waals surface area contributed by atoms with Gasteiger partial charge in [0.15, 0.2) is 0 Å². The molecule has 8 atom stereocenters. The van der Waals surface area contributed by atoms with Crippen LogP contribution in [0.2, 0.25) is 0 Å². The van der Waals surface area contributed by atoms with E-state index in [-0.39, 0.29) is 11.5 Å². The van der Waals surface area contributed by atoms with E-state index in [0.717, 1.165) is 63.2 Å². The minimum Gasteiger partial charge on any atom is -0.494 e. The van der Waals surface area contributed by atoms with Crippen LogP contribution in [0.4, 0.5) is 0 Å². The summed E-state index contributed by atoms with van der Waals surface area (Å²) in [5.74, 6) is 4.07. The fourth-order valence-electron chi connectivity index (χ4n) is 10.7. The lowest BCUT2D eigenvalue weighted by molar-refractivity contribution is -0.145. The van der Waals surface area contributed by atoms with Crippen molar-refractivity contribution >= 4 is 5.78 Å². The smallest absolute Gasteiger partial charge is 0.133 e. The molecule has 1 aromatic rings. The normalized spacial score (nSPS) is 38.3. The van der Waals surface area contributed by atoms with Gasteiger partial charge in [-0.05, 0) is 125 Å². The largest absolute Gasteiger partial charge is 0.494 e. The molecule has 0 aliphatic heterocycles. The summed E-state index contributed by atoms with van der Waals surface area (Å²) in [6.07, 6.45) is 17.0. The van der Waals surface area contributed by atoms with Gasteiger partial charge in [0.1, 0.15) is 11.5 Å². The van der Waals surface area contributed by atoms with Crippen molar-refractivity contribution in [3.05, 3.63) is 29.8 Å². The van der Waals surface area contributed by atoms with Crippen molar-refractivity contribution in [2.75, 3.05) is 27.2 Å². The molecule has 5 aliphatic rings. The van der Waals surface area contributed by atoms with Gasteiger partial charge in [0.2, 0.25) is 0 Å². The first-order valence-corrected chi connectivity index (χ1v) is 17.1. The van der Waals surface area contributed by atoms with Crippen LogP contribution >= 0.6 is 0 Å². The van der Waals surface area contributed by atoms with Crippen molar-refractivity contribution in [3.63, 3.8) is 0 Å². The fraction of sp³-hybridized carbons (Fsp3) is 0.806. The molecule has 5 heteroatoms. The van der Waals surface area contributed by atoms with E-state index in [9.17, 15) is 9.90 Å². The Morgan fingerprint density at radius 1 is 1.02 bits per heavy atom. The number of carbonyl (C=O) groups is 1. The van der Waals surface area contributed by atoms with Crippen molar-refractivity contribution in [1.82, 2.24) is 10.2 Å². The maximum absolute atomic E-state index is 12.3. The topological polar surface area (TPSA) is 61.8 Å². The number of nitrogens with one attached hydrogen (secondary N) is 1. The zero-order chi connectivity index (χ0) is 28.6. The molecule has 1 aromatic carbocycles. The van der Waals surface area contributed by atoms with Gasteiger partial charge < -0.3 is 20.1 Å². The molecule has 0 heterocycles. The van der Waals surface area contributed by atoms with Gasteiger partial charge in [-0.1, -0.05) is 38.3 Å². The maximum atomic E-state index is 12.3. The number of ketones is 1. The molecule has 0 saturated heterocycles. The standard InChI is InChI=1S/C36H56N2O3/c1-35-18-16-28(39)23-26(35)12-13-30-31(35)17-19-36(32(30)14-15-34(36)40)20-21-41-29-11-7-8-25(22-29)33(24-38(2)3)37-27-9-5-4-6-10-27/h7-8,11,22,26-27,30-34,37,40H,4-6,9-10,12-21,23-24H2,1-3H3/t26?,30?,31?,32?,33?,34?,35-,36+/m0/s1. The average molecular weight is 565 g/mol. The highest BCUT2D eigenvalue weighted by molar-refractivity contribution is 5.79. The first kappa shape index (κ1) is 29.6. The van der Waals surface area contributed by atoms with E-state index >= 15 is 0 Å². The molecule has 6 rings (SSSR count). The van der Waals surface area contributed by atoms with Gasteiger partial charge in [0, 0.05) is 36.9 Å². The number of likely N-dealkylation sites (N-methyl/N-ethyl adjacent to an activating group) is 1. The Kier molecular flexibility index (Phi) is 8.88. The first-order valence-electron chi connectivity index (χ1n) is 17.1. The predicted octanol–water partition coefficient (Wildman–Crippen LogP) is 6.93. The molecule has 228 valence electrons. The summed E-state index contributed by atoms with van der Waals surface area (Å²) in [6.45, 7) is 4.17. The molecule has 5 nitrogen and oxygen atoms in total. The minimum atomic E-state index is -0.203. The van der Waals surface area contributed by atoms with Gasteiger partial charge in [-0.2, -0.15) is 0 Å². The molecule has 5 saturated carbocycles. The van der Waals surface area contributed by atoms with Gasteiger partial charge in [-0.15, -0.1) is 0 Å². The van der Waals surface area contributed by atoms with E-state index in [0.29, 0.717) is 47.6 Å². The Labute approximate surface area is 249 Å². The third-order valence-electron chi connectivity index (χ3n) is 12.8. The van der Waals surface area contributed by atoms with E-state index in [2.05, 4.69) is 55.5 Å². The number of hydrogen-bond donors (Lipinski definition) is 2. The third-order valence-corrected chi connectivity index (χ3v) is 12.8. The lowest BCUT2D eigenvalue weighted by atomic mass is 9.44. The number of benzene rings is 1. The highest BCUT2D eigenvalue weighted by atomic mass is 16.5. The first-order chi connectivity index (χ1) is 19.8. The van der Waals surface area contributed by atoms with Gasteiger partial charge in [-0.3, -0.25) is 4.79 Å². The molecular weight excluding hydrogens is 508 g/mol. The maximum Gasteiger partial charge on any atom is 0.133 e. The third kappa shape index (κ3) is 5.89. The fourth-order valence-corrected chi connectivity index (χ4v) is 10.7. The summed E-state index contributed by atoms with van der Waals surface area (Å²) in [4.78, 5) is 14.6. The van der Waals surface area contributed by atoms with Crippen molar-refractivity contribution in [3.8, 4) is 5.75 Å². The molecule has 0 radical (unpaired) electrons. The number of nitrogens with zero attached hydrogens (tertiary/aromatic N) is 1. The second kappa shape index (κ2) is 12.3. The summed E-state index contributed by atoms with van der Waals surface area (Å²) in [7, 11) is 4.32. The van der Waals surface area contributed by atoms with Gasteiger partial charge in [0.25, 0.3) is 0 Å². The molecule has 5 aliphatic carbocycles. The predicted molar refractivity (Wildman–Crippen MR) is 165 cm³/mol. The summed E-state index contributed by atoms with van der Waals surface area (Å²) in [6, 6.07) is 9.69. The summed E-state index contributed by atoms with van der Waals surface area (Å²) in [5, 5.41) is 15.4. The Bertz CT molecular complexity index is 1050. The van der Waals surface area contributed by atoms with Gasteiger partial charge >= 0.3 is 0 Å². The molecule has 5 fully saturated rings. The van der Waals surface area contributed by atoms with Crippen LogP contribution < -0.4 is 10.1 Å². The number of fused-ring (bicyclic) bond motifs is 5. The second-order valence-electron chi connectivity index (χ2n) is 15.3. The quantitative estimate of drug-likeness (QED) is 0.340. The van der Waals surface area contributed by atoms with Gasteiger partial charge in [0.05, 0.1) is 12.7 Å². The van der Waals surface area contributed by atoms with Crippen LogP contribution in [0.1, 0.15) is 115 Å². The number of aliphatic hydroxyl groups is 1. The Hall–Kier alpha value is -1.43. The molecule has 41 heavy (non-hydrogen) atoms. The molecule has 2 N–H and O–H groups in total. The van der Waals surface area contributed by atoms with Crippen LogP contribution in [0.15, 0.2) is 24.3 Å². The molecule has 0 amide bonds. The number of carbonyl (C=O) groups excluding carboxylic acids is 1. The highest BCUT2D eigenvalue weighted by Crippen LogP contribution is 2.66. The van der Waals surface area contributed by atoms with Crippen LogP contribution in [0, 0.1) is 34.5 Å². The molecule has 6 unspecified atom stereocenters. The molecule has 0 spiro atoms. The summed E-state index contributed by atoms with van der Waals surface area (Å²) in [5.41, 5.74) is 1.64. The van der Waals surface area contributed by atoms with Crippen LogP contribution in [0.25, 0.3) is 0 Å². The van der Waals surface area contributed by atoms with E-state index in [4.69, 9.17) is 4.74 Å².